The minimum absolute atomic E-state index is 0.164. The zero-order valence-electron chi connectivity index (χ0n) is 9.73. The molecule has 1 aromatic rings. The van der Waals surface area contributed by atoms with Gasteiger partial charge in [0.25, 0.3) is 5.91 Å². The van der Waals surface area contributed by atoms with E-state index in [0.29, 0.717) is 6.42 Å². The number of carbonyl (C=O) groups excluding carboxylic acids is 1. The highest BCUT2D eigenvalue weighted by atomic mass is 19.1. The number of halogens is 1. The molecule has 0 radical (unpaired) electrons. The SMILES string of the molecule is C=CCC[C@@H](NC(=O)c1ccccc1F)C(=O)O. The van der Waals surface area contributed by atoms with Crippen LogP contribution in [0.3, 0.4) is 0 Å². The Kier molecular flexibility index (Phi) is 5.05. The van der Waals surface area contributed by atoms with Gasteiger partial charge >= 0.3 is 5.97 Å². The molecule has 0 fully saturated rings. The van der Waals surface area contributed by atoms with Crippen molar-refractivity contribution in [2.75, 3.05) is 0 Å². The third kappa shape index (κ3) is 3.69. The fraction of sp³-hybridized carbons (Fsp3) is 0.231. The quantitative estimate of drug-likeness (QED) is 0.760. The molecule has 0 aromatic heterocycles. The van der Waals surface area contributed by atoms with Gasteiger partial charge in [-0.25, -0.2) is 9.18 Å². The highest BCUT2D eigenvalue weighted by Crippen LogP contribution is 2.07. The molecule has 0 spiro atoms. The zero-order valence-corrected chi connectivity index (χ0v) is 9.73. The van der Waals surface area contributed by atoms with E-state index in [1.807, 2.05) is 0 Å². The average molecular weight is 251 g/mol. The van der Waals surface area contributed by atoms with Gasteiger partial charge in [0.15, 0.2) is 0 Å². The van der Waals surface area contributed by atoms with E-state index < -0.39 is 23.7 Å². The van der Waals surface area contributed by atoms with Gasteiger partial charge in [0.2, 0.25) is 0 Å². The third-order valence-electron chi connectivity index (χ3n) is 2.38. The smallest absolute Gasteiger partial charge is 0.326 e. The number of benzene rings is 1. The number of aliphatic carboxylic acids is 1. The van der Waals surface area contributed by atoms with Crippen LogP contribution >= 0.6 is 0 Å². The monoisotopic (exact) mass is 251 g/mol. The number of carboxylic acid groups (broad SMARTS) is 1. The molecule has 4 nitrogen and oxygen atoms in total. The molecule has 1 atom stereocenters. The van der Waals surface area contributed by atoms with Gasteiger partial charge < -0.3 is 10.4 Å². The lowest BCUT2D eigenvalue weighted by Gasteiger charge is -2.13. The summed E-state index contributed by atoms with van der Waals surface area (Å²) in [5.74, 6) is -2.56. The van der Waals surface area contributed by atoms with E-state index >= 15 is 0 Å². The van der Waals surface area contributed by atoms with Gasteiger partial charge in [-0.1, -0.05) is 18.2 Å². The third-order valence-corrected chi connectivity index (χ3v) is 2.38. The van der Waals surface area contributed by atoms with Crippen LogP contribution in [-0.2, 0) is 4.79 Å². The molecular weight excluding hydrogens is 237 g/mol. The maximum absolute atomic E-state index is 13.3. The topological polar surface area (TPSA) is 66.4 Å². The van der Waals surface area contributed by atoms with Crippen molar-refractivity contribution in [2.45, 2.75) is 18.9 Å². The number of rotatable bonds is 6. The van der Waals surface area contributed by atoms with Crippen LogP contribution in [0.15, 0.2) is 36.9 Å². The highest BCUT2D eigenvalue weighted by molar-refractivity contribution is 5.96. The molecule has 0 aliphatic carbocycles. The molecule has 5 heteroatoms. The van der Waals surface area contributed by atoms with E-state index in [1.54, 1.807) is 6.08 Å². The van der Waals surface area contributed by atoms with Crippen molar-refractivity contribution >= 4 is 11.9 Å². The second kappa shape index (κ2) is 6.54. The Balaban J connectivity index is 2.75. The average Bonchev–Trinajstić information content (AvgIpc) is 2.34. The standard InChI is InChI=1S/C13H14FNO3/c1-2-3-8-11(13(17)18)15-12(16)9-6-4-5-7-10(9)14/h2,4-7,11H,1,3,8H2,(H,15,16)(H,17,18)/t11-/m1/s1. The van der Waals surface area contributed by atoms with Crippen LogP contribution in [0.25, 0.3) is 0 Å². The summed E-state index contributed by atoms with van der Waals surface area (Å²) >= 11 is 0. The predicted octanol–water partition coefficient (Wildman–Crippen LogP) is 1.97. The zero-order chi connectivity index (χ0) is 13.5. The first-order valence-corrected chi connectivity index (χ1v) is 5.45. The maximum atomic E-state index is 13.3. The van der Waals surface area contributed by atoms with Crippen molar-refractivity contribution in [3.63, 3.8) is 0 Å². The first kappa shape index (κ1) is 13.9. The lowest BCUT2D eigenvalue weighted by molar-refractivity contribution is -0.139. The van der Waals surface area contributed by atoms with Crippen molar-refractivity contribution in [1.82, 2.24) is 5.32 Å². The van der Waals surface area contributed by atoms with E-state index in [2.05, 4.69) is 11.9 Å². The summed E-state index contributed by atoms with van der Waals surface area (Å²) in [7, 11) is 0. The van der Waals surface area contributed by atoms with Gasteiger partial charge in [-0.3, -0.25) is 4.79 Å². The molecule has 0 bridgehead atoms. The Morgan fingerprint density at radius 1 is 1.44 bits per heavy atom. The fourth-order valence-electron chi connectivity index (χ4n) is 1.42. The number of amides is 1. The van der Waals surface area contributed by atoms with Gasteiger partial charge in [0.1, 0.15) is 11.9 Å². The summed E-state index contributed by atoms with van der Waals surface area (Å²) in [5.41, 5.74) is -0.164. The second-order valence-corrected chi connectivity index (χ2v) is 3.71. The molecule has 96 valence electrons. The van der Waals surface area contributed by atoms with E-state index in [-0.39, 0.29) is 12.0 Å². The maximum Gasteiger partial charge on any atom is 0.326 e. The summed E-state index contributed by atoms with van der Waals surface area (Å²) in [5, 5.41) is 11.2. The Bertz CT molecular complexity index is 459. The van der Waals surface area contributed by atoms with Gasteiger partial charge in [-0.05, 0) is 25.0 Å². The van der Waals surface area contributed by atoms with Crippen molar-refractivity contribution in [2.24, 2.45) is 0 Å². The molecule has 0 heterocycles. The molecule has 1 aromatic carbocycles. The van der Waals surface area contributed by atoms with Crippen molar-refractivity contribution in [3.8, 4) is 0 Å². The van der Waals surface area contributed by atoms with E-state index in [1.165, 1.54) is 18.2 Å². The normalized spacial score (nSPS) is 11.6. The summed E-state index contributed by atoms with van der Waals surface area (Å²) in [6.07, 6.45) is 2.23. The summed E-state index contributed by atoms with van der Waals surface area (Å²) in [6.45, 7) is 3.48. The number of carboxylic acids is 1. The summed E-state index contributed by atoms with van der Waals surface area (Å²) in [6, 6.07) is 4.37. The molecule has 0 unspecified atom stereocenters. The molecule has 18 heavy (non-hydrogen) atoms. The van der Waals surface area contributed by atoms with Gasteiger partial charge in [-0.15, -0.1) is 6.58 Å². The van der Waals surface area contributed by atoms with Gasteiger partial charge in [0, 0.05) is 0 Å². The molecule has 0 aliphatic rings. The van der Waals surface area contributed by atoms with Crippen LogP contribution in [0.4, 0.5) is 4.39 Å². The number of carbonyl (C=O) groups is 2. The Hall–Kier alpha value is -2.17. The minimum atomic E-state index is -1.15. The van der Waals surface area contributed by atoms with E-state index in [0.717, 1.165) is 6.07 Å². The molecule has 1 amide bonds. The number of allylic oxidation sites excluding steroid dienone is 1. The number of nitrogens with one attached hydrogen (secondary N) is 1. The molecule has 0 saturated carbocycles. The summed E-state index contributed by atoms with van der Waals surface area (Å²) in [4.78, 5) is 22.6. The summed E-state index contributed by atoms with van der Waals surface area (Å²) < 4.78 is 13.3. The largest absolute Gasteiger partial charge is 0.480 e. The molecule has 1 rings (SSSR count). The first-order chi connectivity index (χ1) is 8.56. The van der Waals surface area contributed by atoms with Crippen molar-refractivity contribution < 1.29 is 19.1 Å². The van der Waals surface area contributed by atoms with Crippen LogP contribution in [0.5, 0.6) is 0 Å². The minimum Gasteiger partial charge on any atom is -0.480 e. The molecular formula is C13H14FNO3. The second-order valence-electron chi connectivity index (χ2n) is 3.71. The Morgan fingerprint density at radius 3 is 2.67 bits per heavy atom. The van der Waals surface area contributed by atoms with Crippen molar-refractivity contribution in [1.29, 1.82) is 0 Å². The lowest BCUT2D eigenvalue weighted by Crippen LogP contribution is -2.40. The van der Waals surface area contributed by atoms with Crippen LogP contribution in [0.1, 0.15) is 23.2 Å². The van der Waals surface area contributed by atoms with E-state index in [4.69, 9.17) is 5.11 Å². The Labute approximate surface area is 104 Å². The van der Waals surface area contributed by atoms with Crippen LogP contribution in [0.2, 0.25) is 0 Å². The van der Waals surface area contributed by atoms with Gasteiger partial charge in [0.05, 0.1) is 5.56 Å². The van der Waals surface area contributed by atoms with Crippen LogP contribution < -0.4 is 5.32 Å². The first-order valence-electron chi connectivity index (χ1n) is 5.45. The lowest BCUT2D eigenvalue weighted by atomic mass is 10.1. The van der Waals surface area contributed by atoms with E-state index in [9.17, 15) is 14.0 Å². The Morgan fingerprint density at radius 2 is 2.11 bits per heavy atom. The van der Waals surface area contributed by atoms with Crippen LogP contribution in [0, 0.1) is 5.82 Å². The molecule has 0 aliphatic heterocycles. The predicted molar refractivity (Wildman–Crippen MR) is 64.7 cm³/mol. The van der Waals surface area contributed by atoms with Gasteiger partial charge in [-0.2, -0.15) is 0 Å². The molecule has 0 saturated heterocycles. The van der Waals surface area contributed by atoms with Crippen molar-refractivity contribution in [3.05, 3.63) is 48.3 Å². The van der Waals surface area contributed by atoms with Crippen LogP contribution in [-0.4, -0.2) is 23.0 Å². The fourth-order valence-corrected chi connectivity index (χ4v) is 1.42. The molecule has 2 N–H and O–H groups in total. The highest BCUT2D eigenvalue weighted by Gasteiger charge is 2.21. The number of hydrogen-bond donors (Lipinski definition) is 2. The number of hydrogen-bond acceptors (Lipinski definition) is 2.